The second kappa shape index (κ2) is 24.1. The van der Waals surface area contributed by atoms with Crippen molar-refractivity contribution in [3.8, 4) is 17.6 Å². The number of alkyl halides is 2. The minimum absolute atomic E-state index is 0.0265. The van der Waals surface area contributed by atoms with Crippen molar-refractivity contribution in [1.82, 2.24) is 29.5 Å². The van der Waals surface area contributed by atoms with Gasteiger partial charge >= 0.3 is 15.0 Å². The van der Waals surface area contributed by atoms with Crippen LogP contribution in [0.2, 0.25) is 0 Å². The van der Waals surface area contributed by atoms with Crippen LogP contribution in [-0.2, 0) is 54.3 Å². The monoisotopic (exact) mass is 1080 g/mol. The van der Waals surface area contributed by atoms with E-state index in [1.54, 1.807) is 52.3 Å². The fraction of sp³-hybridized carbons (Fsp3) is 0.396. The van der Waals surface area contributed by atoms with Crippen molar-refractivity contribution in [1.29, 1.82) is 5.26 Å². The zero-order valence-corrected chi connectivity index (χ0v) is 43.0. The number of hydrogen-bond acceptors (Lipinski definition) is 18. The highest BCUT2D eigenvalue weighted by atomic mass is 32.5. The van der Waals surface area contributed by atoms with E-state index in [-0.39, 0.29) is 42.4 Å². The quantitative estimate of drug-likeness (QED) is 0.0288. The zero-order chi connectivity index (χ0) is 52.6. The summed E-state index contributed by atoms with van der Waals surface area (Å²) in [5.74, 6) is -0.718. The Kier molecular flexibility index (Phi) is 17.6. The summed E-state index contributed by atoms with van der Waals surface area (Å²) in [6, 6.07) is 26.1. The van der Waals surface area contributed by atoms with E-state index in [2.05, 4.69) is 35.6 Å². The first-order valence-corrected chi connectivity index (χ1v) is 27.0. The molecule has 4 N–H and O–H groups in total. The van der Waals surface area contributed by atoms with Crippen molar-refractivity contribution in [2.45, 2.75) is 75.2 Å². The number of hydrogen-bond donors (Lipinski definition) is 4. The van der Waals surface area contributed by atoms with Gasteiger partial charge in [0.25, 0.3) is 5.56 Å². The Bertz CT molecular complexity index is 2990. The van der Waals surface area contributed by atoms with Crippen LogP contribution >= 0.6 is 15.0 Å². The maximum atomic E-state index is 18.0. The number of carbonyl (C=O) groups excluding carboxylic acids is 1. The summed E-state index contributed by atoms with van der Waals surface area (Å²) >= 11 is 5.96. The highest BCUT2D eigenvalue weighted by molar-refractivity contribution is 8.07. The summed E-state index contributed by atoms with van der Waals surface area (Å²) in [4.78, 5) is 55.3. The molecule has 3 aromatic carbocycles. The van der Waals surface area contributed by atoms with E-state index in [0.717, 1.165) is 0 Å². The van der Waals surface area contributed by atoms with E-state index in [1.165, 1.54) is 29.5 Å². The summed E-state index contributed by atoms with van der Waals surface area (Å²) in [7, 11) is -0.603. The van der Waals surface area contributed by atoms with E-state index >= 15 is 8.78 Å². The zero-order valence-electron chi connectivity index (χ0n) is 40.3. The number of nitriles is 1. The van der Waals surface area contributed by atoms with Gasteiger partial charge in [-0.3, -0.25) is 33.5 Å². The first-order valence-electron chi connectivity index (χ1n) is 23.2. The topological polar surface area (TPSA) is 265 Å². The lowest BCUT2D eigenvalue weighted by atomic mass is 9.80. The van der Waals surface area contributed by atoms with E-state index < -0.39 is 100 Å². The molecule has 392 valence electrons. The molecule has 1 saturated heterocycles. The number of anilines is 2. The molecule has 74 heavy (non-hydrogen) atoms. The molecule has 2 fully saturated rings. The maximum absolute atomic E-state index is 18.0. The van der Waals surface area contributed by atoms with E-state index in [0.29, 0.717) is 28.2 Å². The predicted molar refractivity (Wildman–Crippen MR) is 269 cm³/mol. The van der Waals surface area contributed by atoms with Gasteiger partial charge in [0.2, 0.25) is 11.9 Å². The number of ether oxygens (including phenoxy) is 4. The standard InChI is InChI=1S/C48H53F2N9O12P2S/c1-28(2)44(60)57-47-56-43-40(45(61)58-47)54-27-59(43)46-42(71-73(74,67-22-8-20-51)68-24-29-23-35(38(49)41(29)70-72(62)63)55-37-19-21-52-26-53-37)39(50)36(69-46)25-66-48(30-9-6-5-7-10-30,31-11-15-33(64-3)16-12-31)32-13-17-34(65-4)18-14-32/h5-7,9-19,21,26-29,35-36,38-39,41-42,46,72H,8,22-25H2,1-4H3,(H,62,63)(H,52,53,55)(H2,56,57,58,60,61)/t29-,35-,36-,38+,39-,41-,42-,46-,73-/m1/s1. The molecule has 1 aliphatic carbocycles. The van der Waals surface area contributed by atoms with Crippen molar-refractivity contribution in [2.75, 3.05) is 44.7 Å². The summed E-state index contributed by atoms with van der Waals surface area (Å²) in [6.07, 6.45) is -6.65. The number of aromatic amines is 1. The number of nitrogens with one attached hydrogen (secondary N) is 3. The Morgan fingerprint density at radius 3 is 2.27 bits per heavy atom. The molecule has 1 amide bonds. The summed E-state index contributed by atoms with van der Waals surface area (Å²) in [5.41, 5.74) is -0.596. The third kappa shape index (κ3) is 12.0. The predicted octanol–water partition coefficient (Wildman–Crippen LogP) is 6.93. The largest absolute Gasteiger partial charge is 0.497 e. The molecule has 6 aromatic rings. The fourth-order valence-electron chi connectivity index (χ4n) is 8.74. The molecule has 26 heteroatoms. The van der Waals surface area contributed by atoms with Crippen LogP contribution in [0.3, 0.4) is 0 Å². The molecule has 1 unspecified atom stereocenters. The van der Waals surface area contributed by atoms with Gasteiger partial charge < -0.3 is 42.7 Å². The van der Waals surface area contributed by atoms with Crippen molar-refractivity contribution < 1.29 is 60.1 Å². The summed E-state index contributed by atoms with van der Waals surface area (Å²) in [6.45, 7) is -2.28. The number of halogens is 2. The molecule has 3 aromatic heterocycles. The van der Waals surface area contributed by atoms with Crippen LogP contribution in [-0.4, -0.2) is 111 Å². The van der Waals surface area contributed by atoms with Gasteiger partial charge in [0.05, 0.1) is 58.9 Å². The van der Waals surface area contributed by atoms with Crippen LogP contribution < -0.4 is 25.7 Å². The number of benzene rings is 3. The Balaban J connectivity index is 1.18. The fourth-order valence-corrected chi connectivity index (χ4v) is 11.4. The molecule has 2 aliphatic rings. The molecular formula is C48H53F2N9O12P2S. The van der Waals surface area contributed by atoms with Gasteiger partial charge in [0.15, 0.2) is 23.6 Å². The van der Waals surface area contributed by atoms with Crippen molar-refractivity contribution >= 4 is 55.6 Å². The van der Waals surface area contributed by atoms with Gasteiger partial charge in [-0.2, -0.15) is 10.2 Å². The highest BCUT2D eigenvalue weighted by Gasteiger charge is 2.53. The Morgan fingerprint density at radius 2 is 1.66 bits per heavy atom. The number of fused-ring (bicyclic) bond motifs is 1. The molecule has 0 bridgehead atoms. The second-order valence-corrected chi connectivity index (χ2v) is 21.1. The SMILES string of the molecule is COc1ccc(C(OC[C@H]2O[C@@H](n3cnc4c(=O)[nH]c(NC(=O)C(C)C)nc43)[C@H](O[P@@](=S)(OCCC#N)OC[C@H]3C[C@@H](Nc4ccncn4)[C@H](F)[C@@H]3O[PH](=O)O)[C@@H]2F)(c2ccccc2)c2ccc(OC)cc2)cc1. The van der Waals surface area contributed by atoms with Gasteiger partial charge in [-0.05, 0) is 65.2 Å². The number of nitrogens with zero attached hydrogens (tertiary/aromatic N) is 6. The van der Waals surface area contributed by atoms with Crippen LogP contribution in [0.5, 0.6) is 11.5 Å². The third-order valence-electron chi connectivity index (χ3n) is 12.4. The Labute approximate surface area is 429 Å². The molecule has 0 spiro atoms. The van der Waals surface area contributed by atoms with E-state index in [4.69, 9.17) is 48.8 Å². The van der Waals surface area contributed by atoms with Crippen LogP contribution in [0, 0.1) is 23.2 Å². The first kappa shape index (κ1) is 54.2. The summed E-state index contributed by atoms with van der Waals surface area (Å²) in [5, 5.41) is 15.0. The third-order valence-corrected chi connectivity index (χ3v) is 15.2. The maximum Gasteiger partial charge on any atom is 0.327 e. The van der Waals surface area contributed by atoms with Gasteiger partial charge in [0, 0.05) is 18.0 Å². The average Bonchev–Trinajstić information content (AvgIpc) is 4.06. The normalized spacial score (nSPS) is 23.0. The number of carbonyl (C=O) groups is 1. The minimum atomic E-state index is -4.27. The van der Waals surface area contributed by atoms with Gasteiger partial charge in [0.1, 0.15) is 53.7 Å². The van der Waals surface area contributed by atoms with Crippen LogP contribution in [0.1, 0.15) is 49.6 Å². The lowest BCUT2D eigenvalue weighted by molar-refractivity contribution is -0.118. The number of aromatic nitrogens is 6. The van der Waals surface area contributed by atoms with Gasteiger partial charge in [-0.25, -0.2) is 23.7 Å². The van der Waals surface area contributed by atoms with Crippen LogP contribution in [0.25, 0.3) is 11.2 Å². The minimum Gasteiger partial charge on any atom is -0.497 e. The number of rotatable bonds is 23. The van der Waals surface area contributed by atoms with E-state index in [1.807, 2.05) is 60.7 Å². The van der Waals surface area contributed by atoms with E-state index in [9.17, 15) is 24.3 Å². The Hall–Kier alpha value is -6.09. The number of imidazole rings is 1. The molecular weight excluding hydrogens is 1030 g/mol. The first-order chi connectivity index (χ1) is 35.7. The number of H-pyrrole nitrogens is 1. The molecule has 4 heterocycles. The molecule has 1 aliphatic heterocycles. The lowest BCUT2D eigenvalue weighted by Crippen LogP contribution is -2.38. The smallest absolute Gasteiger partial charge is 0.327 e. The molecule has 8 rings (SSSR count). The molecule has 1 saturated carbocycles. The lowest BCUT2D eigenvalue weighted by Gasteiger charge is -2.37. The second-order valence-electron chi connectivity index (χ2n) is 17.4. The number of methoxy groups -OCH3 is 2. The average molecular weight is 1080 g/mol. The van der Waals surface area contributed by atoms with Crippen LogP contribution in [0.4, 0.5) is 20.5 Å². The summed E-state index contributed by atoms with van der Waals surface area (Å²) < 4.78 is 95.9. The van der Waals surface area contributed by atoms with Crippen molar-refractivity contribution in [3.05, 3.63) is 131 Å². The molecule has 10 atom stereocenters. The van der Waals surface area contributed by atoms with Gasteiger partial charge in [-0.1, -0.05) is 68.4 Å². The van der Waals surface area contributed by atoms with Gasteiger partial charge in [-0.15, -0.1) is 0 Å². The molecule has 21 nitrogen and oxygen atoms in total. The Morgan fingerprint density at radius 1 is 0.986 bits per heavy atom. The number of amides is 1. The molecule has 0 radical (unpaired) electrons. The van der Waals surface area contributed by atoms with Crippen LogP contribution in [0.15, 0.2) is 109 Å². The van der Waals surface area contributed by atoms with Crippen molar-refractivity contribution in [3.63, 3.8) is 0 Å². The highest BCUT2D eigenvalue weighted by Crippen LogP contribution is 2.56. The van der Waals surface area contributed by atoms with Crippen molar-refractivity contribution in [2.24, 2.45) is 11.8 Å².